The molecule has 1 unspecified atom stereocenters. The molecule has 0 saturated heterocycles. The average Bonchev–Trinajstić information content (AvgIpc) is 3.38. The van der Waals surface area contributed by atoms with E-state index < -0.39 is 11.2 Å². The topological polar surface area (TPSA) is 98.5 Å². The Hall–Kier alpha value is -2.78. The molecule has 4 aromatic rings. The van der Waals surface area contributed by atoms with Crippen molar-refractivity contribution in [2.24, 2.45) is 5.92 Å². The number of thiophene rings is 1. The van der Waals surface area contributed by atoms with E-state index in [2.05, 4.69) is 6.92 Å². The van der Waals surface area contributed by atoms with Crippen molar-refractivity contribution in [2.45, 2.75) is 43.6 Å². The normalized spacial score (nSPS) is 16.0. The molecular formula is C22H20N2O5S2. The number of hydrogen-bond donors (Lipinski definition) is 1. The molecule has 1 aliphatic rings. The molecule has 0 spiro atoms. The van der Waals surface area contributed by atoms with Crippen molar-refractivity contribution in [3.05, 3.63) is 73.3 Å². The molecule has 5 rings (SSSR count). The predicted molar refractivity (Wildman–Crippen MR) is 119 cm³/mol. The second-order valence-electron chi connectivity index (χ2n) is 7.78. The van der Waals surface area contributed by atoms with E-state index in [1.54, 1.807) is 28.2 Å². The molecule has 160 valence electrons. The maximum Gasteiger partial charge on any atom is 0.263 e. The van der Waals surface area contributed by atoms with Crippen LogP contribution in [0.5, 0.6) is 5.75 Å². The van der Waals surface area contributed by atoms with E-state index in [9.17, 15) is 14.7 Å². The molecule has 0 aliphatic heterocycles. The van der Waals surface area contributed by atoms with Gasteiger partial charge in [0, 0.05) is 10.9 Å². The maximum absolute atomic E-state index is 13.6. The van der Waals surface area contributed by atoms with Crippen LogP contribution >= 0.6 is 23.1 Å². The summed E-state index contributed by atoms with van der Waals surface area (Å²) in [5.41, 5.74) is 0.575. The molecular weight excluding hydrogens is 436 g/mol. The summed E-state index contributed by atoms with van der Waals surface area (Å²) in [4.78, 5) is 32.1. The first-order valence-electron chi connectivity index (χ1n) is 10.0. The first kappa shape index (κ1) is 20.1. The van der Waals surface area contributed by atoms with Crippen molar-refractivity contribution in [1.82, 2.24) is 9.55 Å². The molecule has 1 aliphatic carbocycles. The summed E-state index contributed by atoms with van der Waals surface area (Å²) in [7, 11) is 0. The standard InChI is InChI=1S/C22H20N2O5S2/c1-12-4-5-15-18(7-12)31-20-19(15)21(27)24(9-13-3-2-6-28-13)22(23-20)30-11-14-8-16(25)17(26)10-29-14/h2-3,6,8,10,12,26H,4-5,7,9,11H2,1H3. The Morgan fingerprint density at radius 2 is 2.19 bits per heavy atom. The van der Waals surface area contributed by atoms with Gasteiger partial charge in [0.2, 0.25) is 5.43 Å². The van der Waals surface area contributed by atoms with Crippen LogP contribution in [-0.4, -0.2) is 14.7 Å². The minimum Gasteiger partial charge on any atom is -0.502 e. The quantitative estimate of drug-likeness (QED) is 0.355. The molecule has 4 heterocycles. The molecule has 0 radical (unpaired) electrons. The van der Waals surface area contributed by atoms with Crippen LogP contribution in [-0.2, 0) is 25.1 Å². The van der Waals surface area contributed by atoms with Crippen LogP contribution < -0.4 is 11.0 Å². The lowest BCUT2D eigenvalue weighted by Gasteiger charge is -2.17. The third-order valence-electron chi connectivity index (χ3n) is 5.48. The smallest absolute Gasteiger partial charge is 0.263 e. The number of fused-ring (bicyclic) bond motifs is 3. The van der Waals surface area contributed by atoms with Gasteiger partial charge in [-0.15, -0.1) is 11.3 Å². The highest BCUT2D eigenvalue weighted by atomic mass is 32.2. The second-order valence-corrected chi connectivity index (χ2v) is 9.81. The molecule has 9 heteroatoms. The van der Waals surface area contributed by atoms with Crippen LogP contribution in [0.2, 0.25) is 0 Å². The van der Waals surface area contributed by atoms with Crippen molar-refractivity contribution < 1.29 is 13.9 Å². The predicted octanol–water partition coefficient (Wildman–Crippen LogP) is 4.18. The van der Waals surface area contributed by atoms with Gasteiger partial charge in [-0.05, 0) is 42.9 Å². The summed E-state index contributed by atoms with van der Waals surface area (Å²) in [6, 6.07) is 4.87. The highest BCUT2D eigenvalue weighted by molar-refractivity contribution is 7.98. The first-order valence-corrected chi connectivity index (χ1v) is 11.8. The molecule has 0 aromatic carbocycles. The molecule has 0 bridgehead atoms. The number of aryl methyl sites for hydroxylation is 1. The van der Waals surface area contributed by atoms with Gasteiger partial charge in [0.15, 0.2) is 10.9 Å². The van der Waals surface area contributed by atoms with Crippen molar-refractivity contribution >= 4 is 33.3 Å². The highest BCUT2D eigenvalue weighted by Gasteiger charge is 2.25. The molecule has 0 saturated carbocycles. The fraction of sp³-hybridized carbons (Fsp3) is 0.318. The van der Waals surface area contributed by atoms with Crippen molar-refractivity contribution in [1.29, 1.82) is 0 Å². The zero-order valence-corrected chi connectivity index (χ0v) is 18.4. The maximum atomic E-state index is 13.6. The van der Waals surface area contributed by atoms with Gasteiger partial charge in [0.1, 0.15) is 22.6 Å². The Bertz CT molecular complexity index is 1370. The monoisotopic (exact) mass is 456 g/mol. The number of aromatic hydroxyl groups is 1. The minimum absolute atomic E-state index is 0.0666. The van der Waals surface area contributed by atoms with Gasteiger partial charge < -0.3 is 13.9 Å². The summed E-state index contributed by atoms with van der Waals surface area (Å²) < 4.78 is 12.4. The van der Waals surface area contributed by atoms with E-state index in [-0.39, 0.29) is 12.1 Å². The molecule has 1 atom stereocenters. The summed E-state index contributed by atoms with van der Waals surface area (Å²) >= 11 is 2.92. The summed E-state index contributed by atoms with van der Waals surface area (Å²) in [6.45, 7) is 2.51. The Morgan fingerprint density at radius 3 is 2.97 bits per heavy atom. The van der Waals surface area contributed by atoms with Gasteiger partial charge in [-0.2, -0.15) is 0 Å². The summed E-state index contributed by atoms with van der Waals surface area (Å²) in [5, 5.41) is 10.6. The first-order chi connectivity index (χ1) is 15.0. The molecule has 0 fully saturated rings. The van der Waals surface area contributed by atoms with Gasteiger partial charge in [0.25, 0.3) is 5.56 Å². The third kappa shape index (κ3) is 3.83. The Morgan fingerprint density at radius 1 is 1.32 bits per heavy atom. The van der Waals surface area contributed by atoms with Crippen molar-refractivity contribution in [3.63, 3.8) is 0 Å². The zero-order valence-electron chi connectivity index (χ0n) is 16.8. The number of nitrogens with zero attached hydrogens (tertiary/aromatic N) is 2. The van der Waals surface area contributed by atoms with Crippen LogP contribution in [0.3, 0.4) is 0 Å². The van der Waals surface area contributed by atoms with Crippen LogP contribution in [0.4, 0.5) is 0 Å². The van der Waals surface area contributed by atoms with E-state index in [0.29, 0.717) is 28.3 Å². The van der Waals surface area contributed by atoms with E-state index in [1.165, 1.54) is 22.7 Å². The minimum atomic E-state index is -0.502. The van der Waals surface area contributed by atoms with Gasteiger partial charge in [0.05, 0.1) is 23.9 Å². The van der Waals surface area contributed by atoms with Crippen LogP contribution in [0.15, 0.2) is 54.3 Å². The van der Waals surface area contributed by atoms with E-state index in [1.807, 2.05) is 6.07 Å². The summed E-state index contributed by atoms with van der Waals surface area (Å²) in [6.07, 6.45) is 5.57. The van der Waals surface area contributed by atoms with Crippen LogP contribution in [0.1, 0.15) is 35.3 Å². The van der Waals surface area contributed by atoms with Crippen LogP contribution in [0.25, 0.3) is 10.2 Å². The number of rotatable bonds is 5. The molecule has 1 N–H and O–H groups in total. The Balaban J connectivity index is 1.58. The molecule has 4 aromatic heterocycles. The second kappa shape index (κ2) is 8.05. The van der Waals surface area contributed by atoms with Gasteiger partial charge in [-0.3, -0.25) is 14.2 Å². The van der Waals surface area contributed by atoms with Crippen molar-refractivity contribution in [3.8, 4) is 5.75 Å². The molecule has 0 amide bonds. The van der Waals surface area contributed by atoms with Gasteiger partial charge in [-0.25, -0.2) is 4.98 Å². The lowest BCUT2D eigenvalue weighted by atomic mass is 9.89. The van der Waals surface area contributed by atoms with E-state index in [4.69, 9.17) is 13.8 Å². The lowest BCUT2D eigenvalue weighted by molar-refractivity contribution is 0.419. The SMILES string of the molecule is CC1CCc2c(sc3nc(SCc4cc(=O)c(O)co4)n(Cc4ccco4)c(=O)c23)C1. The largest absolute Gasteiger partial charge is 0.502 e. The van der Waals surface area contributed by atoms with E-state index >= 15 is 0 Å². The Labute approximate surface area is 185 Å². The average molecular weight is 457 g/mol. The van der Waals surface area contributed by atoms with Gasteiger partial charge in [-0.1, -0.05) is 18.7 Å². The summed E-state index contributed by atoms with van der Waals surface area (Å²) in [5.74, 6) is 1.54. The number of aromatic nitrogens is 2. The highest BCUT2D eigenvalue weighted by Crippen LogP contribution is 2.37. The van der Waals surface area contributed by atoms with E-state index in [0.717, 1.165) is 41.3 Å². The van der Waals surface area contributed by atoms with Crippen molar-refractivity contribution in [2.75, 3.05) is 0 Å². The number of hydrogen-bond acceptors (Lipinski definition) is 8. The van der Waals surface area contributed by atoms with Crippen LogP contribution in [0, 0.1) is 5.92 Å². The zero-order chi connectivity index (χ0) is 21.5. The number of furan rings is 1. The Kier molecular flexibility index (Phi) is 5.23. The third-order valence-corrected chi connectivity index (χ3v) is 7.63. The fourth-order valence-corrected chi connectivity index (χ4v) is 6.18. The fourth-order valence-electron chi connectivity index (χ4n) is 3.87. The van der Waals surface area contributed by atoms with Gasteiger partial charge >= 0.3 is 0 Å². The molecule has 7 nitrogen and oxygen atoms in total. The number of thioether (sulfide) groups is 1. The lowest BCUT2D eigenvalue weighted by Crippen LogP contribution is -2.24. The molecule has 31 heavy (non-hydrogen) atoms.